The molecule has 0 aliphatic heterocycles. The first-order valence-electron chi connectivity index (χ1n) is 2.85. The van der Waals surface area contributed by atoms with Gasteiger partial charge in [-0.05, 0) is 46.9 Å². The fraction of sp³-hybridized carbons (Fsp3) is 0.143. The van der Waals surface area contributed by atoms with E-state index in [2.05, 4.69) is 22.6 Å². The van der Waals surface area contributed by atoms with Crippen molar-refractivity contribution in [2.75, 3.05) is 0 Å². The van der Waals surface area contributed by atoms with Crippen molar-refractivity contribution in [3.8, 4) is 0 Å². The van der Waals surface area contributed by atoms with Gasteiger partial charge in [-0.2, -0.15) is 13.2 Å². The van der Waals surface area contributed by atoms with Crippen LogP contribution in [0.2, 0.25) is 0 Å². The molecular formula is C7H5F4I. The molecule has 0 saturated carbocycles. The van der Waals surface area contributed by atoms with Gasteiger partial charge in [0, 0.05) is 3.57 Å². The zero-order chi connectivity index (χ0) is 9.56. The van der Waals surface area contributed by atoms with Crippen LogP contribution in [0.5, 0.6) is 0 Å². The van der Waals surface area contributed by atoms with E-state index in [1.807, 2.05) is 0 Å². The number of rotatable bonds is 0. The highest BCUT2D eigenvalue weighted by molar-refractivity contribution is 14.1. The Hall–Kier alpha value is -0.330. The fourth-order valence-electron chi connectivity index (χ4n) is 0.430. The zero-order valence-corrected chi connectivity index (χ0v) is 7.93. The second kappa shape index (κ2) is 6.22. The van der Waals surface area contributed by atoms with Crippen LogP contribution in [0.15, 0.2) is 24.3 Å². The summed E-state index contributed by atoms with van der Waals surface area (Å²) in [5.41, 5.74) is 0. The summed E-state index contributed by atoms with van der Waals surface area (Å²) in [5, 5.41) is 0. The maximum atomic E-state index is 12.1. The monoisotopic (exact) mass is 292 g/mol. The van der Waals surface area contributed by atoms with Crippen molar-refractivity contribution >= 4 is 22.6 Å². The Balaban J connectivity index is 0.000000261. The Bertz CT molecular complexity index is 185. The lowest BCUT2D eigenvalue weighted by molar-refractivity contribution is 0.00819. The van der Waals surface area contributed by atoms with Crippen molar-refractivity contribution in [2.24, 2.45) is 0 Å². The summed E-state index contributed by atoms with van der Waals surface area (Å²) in [6.45, 7) is -3.67. The van der Waals surface area contributed by atoms with Gasteiger partial charge in [0.15, 0.2) is 0 Å². The van der Waals surface area contributed by atoms with Crippen molar-refractivity contribution in [1.82, 2.24) is 0 Å². The van der Waals surface area contributed by atoms with E-state index in [1.165, 1.54) is 12.1 Å². The molecule has 0 heterocycles. The molecule has 0 N–H and O–H groups in total. The Morgan fingerprint density at radius 3 is 1.58 bits per heavy atom. The van der Waals surface area contributed by atoms with Crippen LogP contribution in [0.3, 0.4) is 0 Å². The molecule has 0 aliphatic rings. The average Bonchev–Trinajstić information content (AvgIpc) is 1.94. The normalized spacial score (nSPS) is 9.17. The Labute approximate surface area is 80.7 Å². The average molecular weight is 292 g/mol. The van der Waals surface area contributed by atoms with E-state index in [0.717, 1.165) is 3.57 Å². The summed E-state index contributed by atoms with van der Waals surface area (Å²) >= 11 is 2.13. The van der Waals surface area contributed by atoms with Gasteiger partial charge in [-0.1, -0.05) is 0 Å². The quantitative estimate of drug-likeness (QED) is 0.506. The second-order valence-electron chi connectivity index (χ2n) is 1.68. The first kappa shape index (κ1) is 11.7. The number of hydrogen-bond acceptors (Lipinski definition) is 0. The summed E-state index contributed by atoms with van der Waals surface area (Å²) in [6, 6.07) is 6.36. The Morgan fingerprint density at radius 2 is 1.33 bits per heavy atom. The number of hydrogen-bond donors (Lipinski definition) is 0. The predicted molar refractivity (Wildman–Crippen MR) is 46.2 cm³/mol. The first-order valence-corrected chi connectivity index (χ1v) is 3.93. The summed E-state index contributed by atoms with van der Waals surface area (Å²) in [6.07, 6.45) is 0. The van der Waals surface area contributed by atoms with Crippen LogP contribution >= 0.6 is 22.6 Å². The van der Waals surface area contributed by atoms with Crippen LogP contribution < -0.4 is 0 Å². The summed E-state index contributed by atoms with van der Waals surface area (Å²) in [7, 11) is 0. The third kappa shape index (κ3) is 7.77. The minimum absolute atomic E-state index is 0.176. The third-order valence-electron chi connectivity index (χ3n) is 0.804. The largest absolute Gasteiger partial charge is 0.379 e. The van der Waals surface area contributed by atoms with Crippen molar-refractivity contribution in [3.63, 3.8) is 0 Å². The first-order chi connectivity index (χ1) is 5.52. The standard InChI is InChI=1S/C6H4FI.CHF3/c7-5-1-3-6(8)4-2-5;2-1(3)4/h1-4H;1H. The molecule has 0 fully saturated rings. The SMILES string of the molecule is FC(F)F.Fc1ccc(I)cc1. The smallest absolute Gasteiger partial charge is 0.207 e. The maximum absolute atomic E-state index is 12.1. The molecule has 1 aromatic carbocycles. The molecule has 0 bridgehead atoms. The van der Waals surface area contributed by atoms with E-state index >= 15 is 0 Å². The number of halogens is 5. The van der Waals surface area contributed by atoms with Crippen molar-refractivity contribution in [3.05, 3.63) is 33.7 Å². The molecule has 0 unspecified atom stereocenters. The molecule has 1 rings (SSSR count). The van der Waals surface area contributed by atoms with Gasteiger partial charge in [0.25, 0.3) is 0 Å². The van der Waals surface area contributed by atoms with Crippen molar-refractivity contribution in [2.45, 2.75) is 6.68 Å². The lowest BCUT2D eigenvalue weighted by Gasteiger charge is -1.85. The van der Waals surface area contributed by atoms with E-state index in [0.29, 0.717) is 0 Å². The van der Waals surface area contributed by atoms with E-state index < -0.39 is 6.68 Å². The van der Waals surface area contributed by atoms with Crippen molar-refractivity contribution < 1.29 is 17.6 Å². The maximum Gasteiger partial charge on any atom is 0.379 e. The predicted octanol–water partition coefficient (Wildman–Crippen LogP) is 3.61. The van der Waals surface area contributed by atoms with Gasteiger partial charge in [0.05, 0.1) is 0 Å². The molecule has 0 nitrogen and oxygen atoms in total. The Morgan fingerprint density at radius 1 is 1.00 bits per heavy atom. The van der Waals surface area contributed by atoms with Crippen LogP contribution in [0, 0.1) is 9.39 Å². The van der Waals surface area contributed by atoms with Crippen LogP contribution in [-0.4, -0.2) is 6.68 Å². The van der Waals surface area contributed by atoms with E-state index in [-0.39, 0.29) is 5.82 Å². The van der Waals surface area contributed by atoms with Gasteiger partial charge in [0.2, 0.25) is 0 Å². The van der Waals surface area contributed by atoms with Gasteiger partial charge >= 0.3 is 6.68 Å². The van der Waals surface area contributed by atoms with Gasteiger partial charge in [-0.15, -0.1) is 0 Å². The minimum Gasteiger partial charge on any atom is -0.207 e. The van der Waals surface area contributed by atoms with E-state index in [1.54, 1.807) is 12.1 Å². The lowest BCUT2D eigenvalue weighted by Crippen LogP contribution is -1.70. The lowest BCUT2D eigenvalue weighted by atomic mass is 10.4. The molecule has 0 aliphatic carbocycles. The number of alkyl halides is 3. The number of benzene rings is 1. The topological polar surface area (TPSA) is 0 Å². The molecule has 0 amide bonds. The molecule has 0 radical (unpaired) electrons. The molecule has 0 atom stereocenters. The van der Waals surface area contributed by atoms with Crippen LogP contribution in [0.1, 0.15) is 0 Å². The molecule has 5 heteroatoms. The molecule has 1 aromatic rings. The fourth-order valence-corrected chi connectivity index (χ4v) is 0.789. The zero-order valence-electron chi connectivity index (χ0n) is 5.78. The van der Waals surface area contributed by atoms with Crippen LogP contribution in [0.4, 0.5) is 17.6 Å². The molecular weight excluding hydrogens is 287 g/mol. The van der Waals surface area contributed by atoms with Crippen LogP contribution in [0.25, 0.3) is 0 Å². The Kier molecular flexibility index (Phi) is 6.04. The highest BCUT2D eigenvalue weighted by Gasteiger charge is 1.86. The summed E-state index contributed by atoms with van der Waals surface area (Å²) < 4.78 is 42.1. The molecule has 0 spiro atoms. The molecule has 12 heavy (non-hydrogen) atoms. The van der Waals surface area contributed by atoms with E-state index in [4.69, 9.17) is 0 Å². The third-order valence-corrected chi connectivity index (χ3v) is 1.52. The highest BCUT2D eigenvalue weighted by atomic mass is 127. The van der Waals surface area contributed by atoms with Gasteiger partial charge in [-0.3, -0.25) is 0 Å². The van der Waals surface area contributed by atoms with Crippen LogP contribution in [-0.2, 0) is 0 Å². The second-order valence-corrected chi connectivity index (χ2v) is 2.93. The van der Waals surface area contributed by atoms with Gasteiger partial charge < -0.3 is 0 Å². The van der Waals surface area contributed by atoms with Gasteiger partial charge in [-0.25, -0.2) is 4.39 Å². The van der Waals surface area contributed by atoms with Crippen molar-refractivity contribution in [1.29, 1.82) is 0 Å². The highest BCUT2D eigenvalue weighted by Crippen LogP contribution is 2.04. The van der Waals surface area contributed by atoms with Gasteiger partial charge in [0.1, 0.15) is 5.82 Å². The minimum atomic E-state index is -3.67. The van der Waals surface area contributed by atoms with E-state index in [9.17, 15) is 17.6 Å². The summed E-state index contributed by atoms with van der Waals surface area (Å²) in [4.78, 5) is 0. The molecule has 0 aromatic heterocycles. The summed E-state index contributed by atoms with van der Waals surface area (Å²) in [5.74, 6) is -0.176. The molecule has 68 valence electrons. The molecule has 0 saturated heterocycles.